The molecule has 4 heteroatoms. The zero-order valence-corrected chi connectivity index (χ0v) is 11.3. The average Bonchev–Trinajstić information content (AvgIpc) is 2.35. The summed E-state index contributed by atoms with van der Waals surface area (Å²) in [5.41, 5.74) is 1.33. The quantitative estimate of drug-likeness (QED) is 0.770. The number of hydrogen-bond donors (Lipinski definition) is 0. The number of Topliss-reactive ketones (excluding diaryl/α,β-unsaturated/α-hetero) is 1. The Labute approximate surface area is 108 Å². The second-order valence-electron chi connectivity index (χ2n) is 4.63. The smallest absolute Gasteiger partial charge is 0.414 e. The first kappa shape index (κ1) is 14.2. The zero-order valence-electron chi connectivity index (χ0n) is 11.3. The summed E-state index contributed by atoms with van der Waals surface area (Å²) in [6, 6.07) is 6.86. The molecule has 0 N–H and O–H groups in total. The van der Waals surface area contributed by atoms with Crippen molar-refractivity contribution in [2.24, 2.45) is 5.92 Å². The molecule has 1 aromatic carbocycles. The van der Waals surface area contributed by atoms with Crippen LogP contribution in [0.5, 0.6) is 0 Å². The Kier molecular flexibility index (Phi) is 4.89. The van der Waals surface area contributed by atoms with Gasteiger partial charge in [-0.15, -0.1) is 0 Å². The first-order chi connectivity index (χ1) is 8.41. The summed E-state index contributed by atoms with van der Waals surface area (Å²) in [5, 5.41) is 0. The van der Waals surface area contributed by atoms with Crippen LogP contribution in [0, 0.1) is 5.92 Å². The van der Waals surface area contributed by atoms with E-state index in [2.05, 4.69) is 0 Å². The van der Waals surface area contributed by atoms with Gasteiger partial charge in [0.2, 0.25) is 0 Å². The van der Waals surface area contributed by atoms with E-state index in [4.69, 9.17) is 4.74 Å². The van der Waals surface area contributed by atoms with Crippen LogP contribution in [0.25, 0.3) is 0 Å². The number of rotatable bonds is 4. The summed E-state index contributed by atoms with van der Waals surface area (Å²) in [7, 11) is 1.64. The Morgan fingerprint density at radius 2 is 1.78 bits per heavy atom. The number of benzene rings is 1. The van der Waals surface area contributed by atoms with E-state index in [1.54, 1.807) is 31.3 Å². The topological polar surface area (TPSA) is 46.6 Å². The highest BCUT2D eigenvalue weighted by atomic mass is 16.6. The van der Waals surface area contributed by atoms with Crippen LogP contribution in [0.4, 0.5) is 10.5 Å². The second kappa shape index (κ2) is 6.19. The van der Waals surface area contributed by atoms with Crippen LogP contribution in [0.2, 0.25) is 0 Å². The average molecular weight is 249 g/mol. The van der Waals surface area contributed by atoms with Gasteiger partial charge in [-0.05, 0) is 37.1 Å². The Balaban J connectivity index is 2.68. The number of ether oxygens (including phenoxy) is 1. The molecule has 0 aliphatic rings. The summed E-state index contributed by atoms with van der Waals surface area (Å²) in [6.07, 6.45) is -0.390. The van der Waals surface area contributed by atoms with Crippen molar-refractivity contribution in [3.05, 3.63) is 29.8 Å². The molecule has 0 saturated heterocycles. The second-order valence-corrected chi connectivity index (χ2v) is 4.63. The molecule has 0 atom stereocenters. The molecule has 98 valence electrons. The number of anilines is 1. The maximum Gasteiger partial charge on any atom is 0.414 e. The lowest BCUT2D eigenvalue weighted by Crippen LogP contribution is -2.28. The van der Waals surface area contributed by atoms with Crippen LogP contribution in [-0.4, -0.2) is 25.5 Å². The van der Waals surface area contributed by atoms with Crippen LogP contribution in [-0.2, 0) is 4.74 Å². The van der Waals surface area contributed by atoms with Crippen LogP contribution in [0.3, 0.4) is 0 Å². The summed E-state index contributed by atoms with van der Waals surface area (Å²) < 4.78 is 5.12. The molecule has 0 radical (unpaired) electrons. The van der Waals surface area contributed by atoms with Gasteiger partial charge in [0.15, 0.2) is 5.78 Å². The lowest BCUT2D eigenvalue weighted by molar-refractivity contribution is 0.101. The minimum absolute atomic E-state index is 0.00610. The van der Waals surface area contributed by atoms with Crippen LogP contribution < -0.4 is 4.90 Å². The number of amides is 1. The minimum Gasteiger partial charge on any atom is -0.449 e. The third-order valence-corrected chi connectivity index (χ3v) is 2.48. The number of hydrogen-bond acceptors (Lipinski definition) is 3. The fourth-order valence-corrected chi connectivity index (χ4v) is 1.36. The van der Waals surface area contributed by atoms with Crippen molar-refractivity contribution in [1.82, 2.24) is 0 Å². The predicted octanol–water partition coefficient (Wildman–Crippen LogP) is 3.12. The molecule has 4 nitrogen and oxygen atoms in total. The van der Waals surface area contributed by atoms with Crippen LogP contribution in [0.1, 0.15) is 31.1 Å². The van der Waals surface area contributed by atoms with Gasteiger partial charge in [-0.25, -0.2) is 4.79 Å². The molecule has 1 aromatic rings. The molecule has 1 amide bonds. The van der Waals surface area contributed by atoms with Crippen molar-refractivity contribution in [1.29, 1.82) is 0 Å². The van der Waals surface area contributed by atoms with E-state index >= 15 is 0 Å². The molecule has 0 heterocycles. The third-order valence-electron chi connectivity index (χ3n) is 2.48. The van der Waals surface area contributed by atoms with Gasteiger partial charge >= 0.3 is 6.09 Å². The largest absolute Gasteiger partial charge is 0.449 e. The molecule has 0 aliphatic carbocycles. The van der Waals surface area contributed by atoms with Gasteiger partial charge in [0, 0.05) is 18.3 Å². The van der Waals surface area contributed by atoms with Crippen molar-refractivity contribution in [2.45, 2.75) is 20.8 Å². The summed E-state index contributed by atoms with van der Waals surface area (Å²) in [5.74, 6) is 0.314. The number of carbonyl (C=O) groups is 2. The Morgan fingerprint density at radius 1 is 1.22 bits per heavy atom. The summed E-state index contributed by atoms with van der Waals surface area (Å²) >= 11 is 0. The predicted molar refractivity (Wildman–Crippen MR) is 71.0 cm³/mol. The van der Waals surface area contributed by atoms with E-state index in [-0.39, 0.29) is 11.9 Å². The van der Waals surface area contributed by atoms with Gasteiger partial charge in [0.25, 0.3) is 0 Å². The van der Waals surface area contributed by atoms with Crippen molar-refractivity contribution >= 4 is 17.6 Å². The Hall–Kier alpha value is -1.84. The first-order valence-corrected chi connectivity index (χ1v) is 5.93. The maximum atomic E-state index is 11.7. The minimum atomic E-state index is -0.390. The van der Waals surface area contributed by atoms with Crippen molar-refractivity contribution in [3.63, 3.8) is 0 Å². The molecule has 0 unspecified atom stereocenters. The maximum absolute atomic E-state index is 11.7. The van der Waals surface area contributed by atoms with Gasteiger partial charge in [-0.2, -0.15) is 0 Å². The van der Waals surface area contributed by atoms with Crippen LogP contribution in [0.15, 0.2) is 24.3 Å². The van der Waals surface area contributed by atoms with Gasteiger partial charge in [0.05, 0.1) is 6.61 Å². The fourth-order valence-electron chi connectivity index (χ4n) is 1.36. The molecule has 0 bridgehead atoms. The number of ketones is 1. The summed E-state index contributed by atoms with van der Waals surface area (Å²) in [4.78, 5) is 24.3. The highest BCUT2D eigenvalue weighted by Gasteiger charge is 2.13. The van der Waals surface area contributed by atoms with E-state index < -0.39 is 0 Å². The van der Waals surface area contributed by atoms with Gasteiger partial charge < -0.3 is 4.74 Å². The van der Waals surface area contributed by atoms with Gasteiger partial charge in [-0.1, -0.05) is 13.8 Å². The highest BCUT2D eigenvalue weighted by Crippen LogP contribution is 2.15. The van der Waals surface area contributed by atoms with E-state index in [0.29, 0.717) is 23.8 Å². The number of carbonyl (C=O) groups excluding carboxylic acids is 2. The van der Waals surface area contributed by atoms with Gasteiger partial charge in [0.1, 0.15) is 0 Å². The van der Waals surface area contributed by atoms with Crippen molar-refractivity contribution in [3.8, 4) is 0 Å². The van der Waals surface area contributed by atoms with Crippen molar-refractivity contribution in [2.75, 3.05) is 18.6 Å². The fraction of sp³-hybridized carbons (Fsp3) is 0.429. The summed E-state index contributed by atoms with van der Waals surface area (Å²) in [6.45, 7) is 5.87. The zero-order chi connectivity index (χ0) is 13.7. The molecule has 0 saturated carbocycles. The first-order valence-electron chi connectivity index (χ1n) is 5.93. The third kappa shape index (κ3) is 3.87. The van der Waals surface area contributed by atoms with Crippen LogP contribution >= 0.6 is 0 Å². The standard InChI is InChI=1S/C14H19NO3/c1-10(2)9-18-14(17)15(4)13-7-5-12(6-8-13)11(3)16/h5-8,10H,9H2,1-4H3. The molecule has 18 heavy (non-hydrogen) atoms. The molecule has 0 aliphatic heterocycles. The van der Waals surface area contributed by atoms with E-state index in [1.807, 2.05) is 13.8 Å². The van der Waals surface area contributed by atoms with E-state index in [0.717, 1.165) is 0 Å². The molecule has 0 aromatic heterocycles. The normalized spacial score (nSPS) is 10.3. The molecular weight excluding hydrogens is 230 g/mol. The Morgan fingerprint density at radius 3 is 2.22 bits per heavy atom. The van der Waals surface area contributed by atoms with Gasteiger partial charge in [-0.3, -0.25) is 9.69 Å². The van der Waals surface area contributed by atoms with E-state index in [9.17, 15) is 9.59 Å². The SMILES string of the molecule is CC(=O)c1ccc(N(C)C(=O)OCC(C)C)cc1. The Bertz CT molecular complexity index is 423. The molecule has 0 spiro atoms. The highest BCUT2D eigenvalue weighted by molar-refractivity contribution is 5.95. The molecule has 0 fully saturated rings. The number of nitrogens with zero attached hydrogens (tertiary/aromatic N) is 1. The van der Waals surface area contributed by atoms with E-state index in [1.165, 1.54) is 11.8 Å². The monoisotopic (exact) mass is 249 g/mol. The lowest BCUT2D eigenvalue weighted by atomic mass is 10.1. The van der Waals surface area contributed by atoms with Crippen molar-refractivity contribution < 1.29 is 14.3 Å². The molecule has 1 rings (SSSR count). The molecular formula is C14H19NO3. The lowest BCUT2D eigenvalue weighted by Gasteiger charge is -2.18.